The molecule has 2 aromatic carbocycles. The van der Waals surface area contributed by atoms with Gasteiger partial charge in [-0.3, -0.25) is 28.7 Å². The van der Waals surface area contributed by atoms with Crippen molar-refractivity contribution in [1.29, 1.82) is 0 Å². The topological polar surface area (TPSA) is 236 Å². The van der Waals surface area contributed by atoms with Crippen molar-refractivity contribution >= 4 is 62.7 Å². The quantitative estimate of drug-likeness (QED) is 0.146. The zero-order chi connectivity index (χ0) is 36.6. The summed E-state index contributed by atoms with van der Waals surface area (Å²) in [7, 11) is -3.67. The lowest BCUT2D eigenvalue weighted by molar-refractivity contribution is -0.149. The summed E-state index contributed by atoms with van der Waals surface area (Å²) < 4.78 is 26.0. The molecular weight excluding hydrogens is 696 g/mol. The summed E-state index contributed by atoms with van der Waals surface area (Å²) in [5, 5.41) is 18.9. The molecule has 268 valence electrons. The van der Waals surface area contributed by atoms with Crippen LogP contribution in [-0.4, -0.2) is 94.2 Å². The minimum Gasteiger partial charge on any atom is -0.336 e. The predicted molar refractivity (Wildman–Crippen MR) is 180 cm³/mol. The molecule has 1 aromatic heterocycles. The third-order valence-corrected chi connectivity index (χ3v) is 7.98. The Kier molecular flexibility index (Phi) is 12.1. The number of hydrogen-bond donors (Lipinski definition) is 5. The van der Waals surface area contributed by atoms with Crippen molar-refractivity contribution in [3.8, 4) is 5.69 Å². The molecule has 1 atom stereocenters. The average molecular weight is 733 g/mol. The standard InChI is InChI=1S/C30H37ClN10O8S/c1-30(2,3)49-36-26(43)23(35-28(45)27(44)34-22-16-20(31)7-10-24(22)41-17-32-38-39-41)15-18-5-8-21(9-6-18)33-29(46)40-13-11-19(12-14-40)25(42)37-50(4,47)48/h5-10,16-17,19,23H,11-15H2,1-4H3,(H,33,46)(H,34,44)(H,35,45)(H,36,43)(H,37,42)/t23-/m0/s1. The van der Waals surface area contributed by atoms with Gasteiger partial charge >= 0.3 is 17.8 Å². The van der Waals surface area contributed by atoms with Crippen molar-refractivity contribution in [1.82, 2.24) is 40.6 Å². The number of amides is 6. The smallest absolute Gasteiger partial charge is 0.321 e. The number of hydrogen-bond acceptors (Lipinski definition) is 11. The maximum absolute atomic E-state index is 13.1. The van der Waals surface area contributed by atoms with E-state index in [-0.39, 0.29) is 30.2 Å². The van der Waals surface area contributed by atoms with Gasteiger partial charge in [0.2, 0.25) is 15.9 Å². The maximum Gasteiger partial charge on any atom is 0.321 e. The number of sulfonamides is 1. The Balaban J connectivity index is 1.39. The van der Waals surface area contributed by atoms with Crippen molar-refractivity contribution in [3.63, 3.8) is 0 Å². The van der Waals surface area contributed by atoms with Crippen LogP contribution in [0.25, 0.3) is 5.69 Å². The third kappa shape index (κ3) is 11.2. The van der Waals surface area contributed by atoms with Crippen LogP contribution >= 0.6 is 11.6 Å². The second kappa shape index (κ2) is 16.0. The number of carbonyl (C=O) groups excluding carboxylic acids is 5. The Morgan fingerprint density at radius 3 is 2.28 bits per heavy atom. The number of hydroxylamine groups is 1. The van der Waals surface area contributed by atoms with E-state index >= 15 is 0 Å². The molecule has 0 unspecified atom stereocenters. The summed E-state index contributed by atoms with van der Waals surface area (Å²) in [5.74, 6) is -4.04. The average Bonchev–Trinajstić information content (AvgIpc) is 3.58. The fraction of sp³-hybridized carbons (Fsp3) is 0.400. The highest BCUT2D eigenvalue weighted by atomic mass is 35.5. The van der Waals surface area contributed by atoms with E-state index in [0.29, 0.717) is 29.8 Å². The van der Waals surface area contributed by atoms with E-state index in [0.717, 1.165) is 6.26 Å². The van der Waals surface area contributed by atoms with Crippen LogP contribution in [0.2, 0.25) is 5.02 Å². The van der Waals surface area contributed by atoms with E-state index in [1.807, 2.05) is 4.72 Å². The molecule has 1 fully saturated rings. The van der Waals surface area contributed by atoms with Gasteiger partial charge in [0.15, 0.2) is 0 Å². The van der Waals surface area contributed by atoms with E-state index in [1.165, 1.54) is 22.0 Å². The van der Waals surface area contributed by atoms with Crippen LogP contribution in [0.15, 0.2) is 48.8 Å². The molecular formula is C30H37ClN10O8S. The fourth-order valence-corrected chi connectivity index (χ4v) is 5.44. The van der Waals surface area contributed by atoms with Crippen LogP contribution in [0, 0.1) is 5.92 Å². The highest BCUT2D eigenvalue weighted by Gasteiger charge is 2.29. The first kappa shape index (κ1) is 37.7. The van der Waals surface area contributed by atoms with Gasteiger partial charge < -0.3 is 20.9 Å². The van der Waals surface area contributed by atoms with E-state index in [9.17, 15) is 32.4 Å². The molecule has 5 N–H and O–H groups in total. The normalized spacial score (nSPS) is 14.3. The minimum atomic E-state index is -3.67. The van der Waals surface area contributed by atoms with Crippen molar-refractivity contribution < 1.29 is 37.2 Å². The minimum absolute atomic E-state index is 0.0529. The molecule has 0 spiro atoms. The molecule has 6 amide bonds. The van der Waals surface area contributed by atoms with Crippen LogP contribution in [-0.2, 0) is 40.5 Å². The van der Waals surface area contributed by atoms with E-state index in [1.54, 1.807) is 57.2 Å². The first-order chi connectivity index (χ1) is 23.5. The van der Waals surface area contributed by atoms with Crippen LogP contribution in [0.4, 0.5) is 16.2 Å². The van der Waals surface area contributed by atoms with Gasteiger partial charge in [0.25, 0.3) is 5.91 Å². The van der Waals surface area contributed by atoms with Crippen molar-refractivity contribution in [3.05, 3.63) is 59.4 Å². The maximum atomic E-state index is 13.1. The number of piperidine rings is 1. The van der Waals surface area contributed by atoms with Gasteiger partial charge in [0.05, 0.1) is 23.2 Å². The summed E-state index contributed by atoms with van der Waals surface area (Å²) in [6.07, 6.45) is 2.76. The Hall–Kier alpha value is -5.14. The van der Waals surface area contributed by atoms with Crippen LogP contribution in [0.5, 0.6) is 0 Å². The number of nitrogens with zero attached hydrogens (tertiary/aromatic N) is 5. The first-order valence-corrected chi connectivity index (χ1v) is 17.5. The summed E-state index contributed by atoms with van der Waals surface area (Å²) in [6, 6.07) is 9.34. The second-order valence-corrected chi connectivity index (χ2v) is 14.6. The fourth-order valence-electron chi connectivity index (χ4n) is 4.74. The molecule has 0 bridgehead atoms. The van der Waals surface area contributed by atoms with Crippen LogP contribution in [0.1, 0.15) is 39.2 Å². The number of aromatic nitrogens is 4. The number of halogens is 1. The second-order valence-electron chi connectivity index (χ2n) is 12.4. The Morgan fingerprint density at radius 1 is 1.00 bits per heavy atom. The molecule has 50 heavy (non-hydrogen) atoms. The van der Waals surface area contributed by atoms with Crippen molar-refractivity contribution in [2.75, 3.05) is 30.0 Å². The number of likely N-dealkylation sites (tertiary alicyclic amines) is 1. The summed E-state index contributed by atoms with van der Waals surface area (Å²) in [4.78, 5) is 71.1. The number of benzene rings is 2. The van der Waals surface area contributed by atoms with Gasteiger partial charge in [-0.2, -0.15) is 4.68 Å². The molecule has 18 nitrogen and oxygen atoms in total. The molecule has 1 aliphatic rings. The highest BCUT2D eigenvalue weighted by molar-refractivity contribution is 7.89. The Morgan fingerprint density at radius 2 is 1.68 bits per heavy atom. The van der Waals surface area contributed by atoms with E-state index in [4.69, 9.17) is 16.4 Å². The lowest BCUT2D eigenvalue weighted by atomic mass is 9.96. The number of tetrazole rings is 1. The van der Waals surface area contributed by atoms with Gasteiger partial charge in [-0.25, -0.2) is 18.7 Å². The zero-order valence-electron chi connectivity index (χ0n) is 27.6. The lowest BCUT2D eigenvalue weighted by Gasteiger charge is -2.31. The van der Waals surface area contributed by atoms with Gasteiger partial charge in [0, 0.05) is 36.1 Å². The van der Waals surface area contributed by atoms with Crippen LogP contribution in [0.3, 0.4) is 0 Å². The lowest BCUT2D eigenvalue weighted by Crippen LogP contribution is -2.51. The van der Waals surface area contributed by atoms with Crippen molar-refractivity contribution in [2.24, 2.45) is 5.92 Å². The van der Waals surface area contributed by atoms with E-state index in [2.05, 4.69) is 37.0 Å². The Labute approximate surface area is 292 Å². The molecule has 1 aliphatic heterocycles. The largest absolute Gasteiger partial charge is 0.336 e. The summed E-state index contributed by atoms with van der Waals surface area (Å²) in [5.41, 5.74) is 3.06. The number of nitrogens with one attached hydrogen (secondary N) is 5. The predicted octanol–water partition coefficient (Wildman–Crippen LogP) is 1.15. The SMILES string of the molecule is CC(C)(C)ONC(=O)[C@H](Cc1ccc(NC(=O)N2CCC(C(=O)NS(C)(=O)=O)CC2)cc1)NC(=O)C(=O)Nc1cc(Cl)ccc1-n1cnnn1. The molecule has 3 aromatic rings. The molecule has 1 saturated heterocycles. The van der Waals surface area contributed by atoms with Gasteiger partial charge in [-0.15, -0.1) is 5.10 Å². The summed E-state index contributed by atoms with van der Waals surface area (Å²) >= 11 is 6.11. The summed E-state index contributed by atoms with van der Waals surface area (Å²) in [6.45, 7) is 5.65. The van der Waals surface area contributed by atoms with Crippen LogP contribution < -0.4 is 26.2 Å². The highest BCUT2D eigenvalue weighted by Crippen LogP contribution is 2.24. The third-order valence-electron chi connectivity index (χ3n) is 7.17. The number of urea groups is 1. The monoisotopic (exact) mass is 732 g/mol. The Bertz CT molecular complexity index is 1820. The molecule has 0 radical (unpaired) electrons. The molecule has 0 aliphatic carbocycles. The van der Waals surface area contributed by atoms with Gasteiger partial charge in [-0.1, -0.05) is 23.7 Å². The number of anilines is 2. The van der Waals surface area contributed by atoms with Crippen molar-refractivity contribution in [2.45, 2.75) is 51.7 Å². The molecule has 4 rings (SSSR count). The number of carbonyl (C=O) groups is 5. The molecule has 2 heterocycles. The first-order valence-electron chi connectivity index (χ1n) is 15.3. The van der Waals surface area contributed by atoms with Gasteiger partial charge in [0.1, 0.15) is 12.4 Å². The zero-order valence-corrected chi connectivity index (χ0v) is 29.2. The van der Waals surface area contributed by atoms with E-state index < -0.39 is 57.2 Å². The molecule has 0 saturated carbocycles. The number of rotatable bonds is 10. The molecule has 20 heteroatoms. The van der Waals surface area contributed by atoms with Gasteiger partial charge in [-0.05, 0) is 79.9 Å².